The van der Waals surface area contributed by atoms with Crippen LogP contribution >= 0.6 is 0 Å². The second kappa shape index (κ2) is 6.09. The standard InChI is InChI=1S/C16H20FN3/c1-10-7-14(8-11(2)15(10)17)9-20-13(4)16-12(3)18-5-6-19-16/h5-8,13,20H,9H2,1-4H3. The van der Waals surface area contributed by atoms with Crippen molar-refractivity contribution in [1.29, 1.82) is 0 Å². The Hall–Kier alpha value is -1.81. The van der Waals surface area contributed by atoms with E-state index in [1.165, 1.54) is 0 Å². The lowest BCUT2D eigenvalue weighted by Crippen LogP contribution is -2.20. The van der Waals surface area contributed by atoms with E-state index in [4.69, 9.17) is 0 Å². The van der Waals surface area contributed by atoms with E-state index in [0.29, 0.717) is 17.7 Å². The number of benzene rings is 1. The van der Waals surface area contributed by atoms with Crippen molar-refractivity contribution in [1.82, 2.24) is 15.3 Å². The molecule has 1 aromatic carbocycles. The molecule has 20 heavy (non-hydrogen) atoms. The van der Waals surface area contributed by atoms with E-state index in [-0.39, 0.29) is 11.9 Å². The second-order valence-electron chi connectivity index (χ2n) is 5.17. The van der Waals surface area contributed by atoms with E-state index in [2.05, 4.69) is 22.2 Å². The molecule has 0 aliphatic rings. The van der Waals surface area contributed by atoms with Gasteiger partial charge in [0.25, 0.3) is 0 Å². The molecular weight excluding hydrogens is 253 g/mol. The molecule has 0 fully saturated rings. The SMILES string of the molecule is Cc1cc(CNC(C)c2nccnc2C)cc(C)c1F. The third-order valence-corrected chi connectivity index (χ3v) is 3.44. The highest BCUT2D eigenvalue weighted by atomic mass is 19.1. The third-order valence-electron chi connectivity index (χ3n) is 3.44. The highest BCUT2D eigenvalue weighted by Crippen LogP contribution is 2.16. The predicted molar refractivity (Wildman–Crippen MR) is 77.9 cm³/mol. The lowest BCUT2D eigenvalue weighted by atomic mass is 10.1. The first-order valence-electron chi connectivity index (χ1n) is 6.75. The van der Waals surface area contributed by atoms with Gasteiger partial charge in [0.05, 0.1) is 11.4 Å². The van der Waals surface area contributed by atoms with Gasteiger partial charge in [0.15, 0.2) is 0 Å². The molecule has 3 nitrogen and oxygen atoms in total. The van der Waals surface area contributed by atoms with Gasteiger partial charge in [0.2, 0.25) is 0 Å². The van der Waals surface area contributed by atoms with Crippen molar-refractivity contribution in [3.8, 4) is 0 Å². The van der Waals surface area contributed by atoms with Crippen LogP contribution in [0.1, 0.15) is 41.0 Å². The average molecular weight is 273 g/mol. The quantitative estimate of drug-likeness (QED) is 0.928. The lowest BCUT2D eigenvalue weighted by Gasteiger charge is -2.15. The molecule has 0 radical (unpaired) electrons. The van der Waals surface area contributed by atoms with Crippen molar-refractivity contribution in [3.05, 3.63) is 58.4 Å². The topological polar surface area (TPSA) is 37.8 Å². The first kappa shape index (κ1) is 14.6. The minimum Gasteiger partial charge on any atom is -0.305 e. The Balaban J connectivity index is 2.07. The fourth-order valence-electron chi connectivity index (χ4n) is 2.35. The van der Waals surface area contributed by atoms with Gasteiger partial charge < -0.3 is 5.32 Å². The number of rotatable bonds is 4. The highest BCUT2D eigenvalue weighted by molar-refractivity contribution is 5.30. The Morgan fingerprint density at radius 1 is 1.10 bits per heavy atom. The minimum absolute atomic E-state index is 0.106. The van der Waals surface area contributed by atoms with Crippen molar-refractivity contribution < 1.29 is 4.39 Å². The molecule has 0 bridgehead atoms. The summed E-state index contributed by atoms with van der Waals surface area (Å²) in [6.07, 6.45) is 3.39. The van der Waals surface area contributed by atoms with Crippen molar-refractivity contribution in [2.24, 2.45) is 0 Å². The van der Waals surface area contributed by atoms with Crippen LogP contribution in [0.3, 0.4) is 0 Å². The first-order chi connectivity index (χ1) is 9.49. The van der Waals surface area contributed by atoms with Crippen LogP contribution in [-0.2, 0) is 6.54 Å². The summed E-state index contributed by atoms with van der Waals surface area (Å²) in [5.74, 6) is -0.119. The average Bonchev–Trinajstić information content (AvgIpc) is 2.42. The second-order valence-corrected chi connectivity index (χ2v) is 5.17. The number of halogens is 1. The summed E-state index contributed by atoms with van der Waals surface area (Å²) < 4.78 is 13.6. The normalized spacial score (nSPS) is 12.4. The van der Waals surface area contributed by atoms with E-state index in [0.717, 1.165) is 17.0 Å². The third kappa shape index (κ3) is 3.20. The molecule has 1 heterocycles. The maximum Gasteiger partial charge on any atom is 0.129 e. The molecule has 1 N–H and O–H groups in total. The number of nitrogens with one attached hydrogen (secondary N) is 1. The summed E-state index contributed by atoms with van der Waals surface area (Å²) in [5, 5.41) is 3.40. The van der Waals surface area contributed by atoms with Gasteiger partial charge >= 0.3 is 0 Å². The Morgan fingerprint density at radius 2 is 1.70 bits per heavy atom. The number of hydrogen-bond acceptors (Lipinski definition) is 3. The Morgan fingerprint density at radius 3 is 2.30 bits per heavy atom. The van der Waals surface area contributed by atoms with Crippen LogP contribution < -0.4 is 5.32 Å². The Labute approximate surface area is 119 Å². The van der Waals surface area contributed by atoms with Crippen LogP contribution in [0.2, 0.25) is 0 Å². The summed E-state index contributed by atoms with van der Waals surface area (Å²) in [6, 6.07) is 3.87. The molecule has 0 aliphatic carbocycles. The molecule has 2 rings (SSSR count). The zero-order chi connectivity index (χ0) is 14.7. The number of aromatic nitrogens is 2. The predicted octanol–water partition coefficient (Wildman–Crippen LogP) is 3.39. The van der Waals surface area contributed by atoms with Crippen LogP contribution in [-0.4, -0.2) is 9.97 Å². The molecule has 2 aromatic rings. The molecule has 0 aliphatic heterocycles. The van der Waals surface area contributed by atoms with Gasteiger partial charge in [-0.1, -0.05) is 12.1 Å². The molecule has 1 aromatic heterocycles. The van der Waals surface area contributed by atoms with Crippen molar-refractivity contribution in [2.45, 2.75) is 40.3 Å². The molecule has 0 saturated heterocycles. The van der Waals surface area contributed by atoms with Gasteiger partial charge in [-0.05, 0) is 44.4 Å². The largest absolute Gasteiger partial charge is 0.305 e. The molecule has 0 spiro atoms. The van der Waals surface area contributed by atoms with Crippen LogP contribution in [0, 0.1) is 26.6 Å². The highest BCUT2D eigenvalue weighted by Gasteiger charge is 2.11. The van der Waals surface area contributed by atoms with Gasteiger partial charge in [-0.15, -0.1) is 0 Å². The fourth-order valence-corrected chi connectivity index (χ4v) is 2.35. The monoisotopic (exact) mass is 273 g/mol. The molecule has 0 amide bonds. The van der Waals surface area contributed by atoms with Crippen molar-refractivity contribution in [3.63, 3.8) is 0 Å². The smallest absolute Gasteiger partial charge is 0.129 e. The van der Waals surface area contributed by atoms with Gasteiger partial charge in [-0.2, -0.15) is 0 Å². The summed E-state index contributed by atoms with van der Waals surface area (Å²) in [7, 11) is 0. The summed E-state index contributed by atoms with van der Waals surface area (Å²) in [4.78, 5) is 8.60. The van der Waals surface area contributed by atoms with Crippen molar-refractivity contribution in [2.75, 3.05) is 0 Å². The van der Waals surface area contributed by atoms with E-state index < -0.39 is 0 Å². The Kier molecular flexibility index (Phi) is 4.45. The number of nitrogens with zero attached hydrogens (tertiary/aromatic N) is 2. The fraction of sp³-hybridized carbons (Fsp3) is 0.375. The molecule has 4 heteroatoms. The van der Waals surface area contributed by atoms with E-state index in [9.17, 15) is 4.39 Å². The number of hydrogen-bond donors (Lipinski definition) is 1. The molecular formula is C16H20FN3. The zero-order valence-electron chi connectivity index (χ0n) is 12.4. The number of aryl methyl sites for hydroxylation is 3. The van der Waals surface area contributed by atoms with Gasteiger partial charge in [-0.3, -0.25) is 9.97 Å². The lowest BCUT2D eigenvalue weighted by molar-refractivity contribution is 0.553. The van der Waals surface area contributed by atoms with Crippen LogP contribution in [0.25, 0.3) is 0 Å². The molecule has 1 unspecified atom stereocenters. The maximum absolute atomic E-state index is 13.6. The first-order valence-corrected chi connectivity index (χ1v) is 6.75. The molecule has 106 valence electrons. The van der Waals surface area contributed by atoms with Crippen LogP contribution in [0.15, 0.2) is 24.5 Å². The zero-order valence-corrected chi connectivity index (χ0v) is 12.4. The summed E-state index contributed by atoms with van der Waals surface area (Å²) in [6.45, 7) is 8.27. The van der Waals surface area contributed by atoms with Crippen molar-refractivity contribution >= 4 is 0 Å². The van der Waals surface area contributed by atoms with Gasteiger partial charge in [0, 0.05) is 25.0 Å². The van der Waals surface area contributed by atoms with Crippen LogP contribution in [0.5, 0.6) is 0 Å². The van der Waals surface area contributed by atoms with E-state index in [1.54, 1.807) is 26.2 Å². The van der Waals surface area contributed by atoms with E-state index in [1.807, 2.05) is 19.1 Å². The van der Waals surface area contributed by atoms with Crippen LogP contribution in [0.4, 0.5) is 4.39 Å². The van der Waals surface area contributed by atoms with Gasteiger partial charge in [0.1, 0.15) is 5.82 Å². The Bertz CT molecular complexity index is 587. The molecule has 0 saturated carbocycles. The maximum atomic E-state index is 13.6. The van der Waals surface area contributed by atoms with Gasteiger partial charge in [-0.25, -0.2) is 4.39 Å². The van der Waals surface area contributed by atoms with E-state index >= 15 is 0 Å². The summed E-state index contributed by atoms with van der Waals surface area (Å²) >= 11 is 0. The minimum atomic E-state index is -0.119. The molecule has 1 atom stereocenters. The summed E-state index contributed by atoms with van der Waals surface area (Å²) in [5.41, 5.74) is 4.33.